The van der Waals surface area contributed by atoms with E-state index in [1.807, 2.05) is 11.0 Å². The zero-order valence-corrected chi connectivity index (χ0v) is 13.9. The normalized spacial score (nSPS) is 15.7. The molecule has 1 fully saturated rings. The van der Waals surface area contributed by atoms with Gasteiger partial charge in [-0.3, -0.25) is 4.79 Å². The van der Waals surface area contributed by atoms with Gasteiger partial charge >= 0.3 is 0 Å². The number of nitrogens with zero attached hydrogens (tertiary/aromatic N) is 2. The minimum absolute atomic E-state index is 0.248. The van der Waals surface area contributed by atoms with Crippen LogP contribution in [-0.2, 0) is 4.79 Å². The summed E-state index contributed by atoms with van der Waals surface area (Å²) in [5.74, 6) is 0.647. The third kappa shape index (κ3) is 4.38. The fraction of sp³-hybridized carbons (Fsp3) is 0.529. The van der Waals surface area contributed by atoms with Crippen LogP contribution in [0.15, 0.2) is 18.2 Å². The van der Waals surface area contributed by atoms with Crippen molar-refractivity contribution in [1.82, 2.24) is 4.90 Å². The Morgan fingerprint density at radius 1 is 1.45 bits per heavy atom. The van der Waals surface area contributed by atoms with Crippen molar-refractivity contribution in [3.8, 4) is 6.07 Å². The minimum atomic E-state index is 0.248. The van der Waals surface area contributed by atoms with Crippen molar-refractivity contribution in [2.45, 2.75) is 39.2 Å². The molecule has 2 rings (SSSR count). The first kappa shape index (κ1) is 16.6. The third-order valence-corrected chi connectivity index (χ3v) is 4.13. The lowest BCUT2D eigenvalue weighted by Gasteiger charge is -2.33. The fourth-order valence-electron chi connectivity index (χ4n) is 2.71. The molecule has 22 heavy (non-hydrogen) atoms. The fourth-order valence-corrected chi connectivity index (χ4v) is 2.88. The molecule has 0 unspecified atom stereocenters. The summed E-state index contributed by atoms with van der Waals surface area (Å²) < 4.78 is 0. The van der Waals surface area contributed by atoms with Gasteiger partial charge in [0.1, 0.15) is 6.07 Å². The lowest BCUT2D eigenvalue weighted by Crippen LogP contribution is -2.42. The Kier molecular flexibility index (Phi) is 5.68. The first-order valence-electron chi connectivity index (χ1n) is 7.73. The molecule has 0 aromatic heterocycles. The van der Waals surface area contributed by atoms with Crippen molar-refractivity contribution >= 4 is 23.2 Å². The smallest absolute Gasteiger partial charge is 0.222 e. The van der Waals surface area contributed by atoms with Gasteiger partial charge in [-0.25, -0.2) is 0 Å². The minimum Gasteiger partial charge on any atom is -0.381 e. The Labute approximate surface area is 137 Å². The van der Waals surface area contributed by atoms with Crippen LogP contribution in [-0.4, -0.2) is 29.9 Å². The van der Waals surface area contributed by atoms with Crippen LogP contribution in [0.2, 0.25) is 5.02 Å². The van der Waals surface area contributed by atoms with Crippen LogP contribution in [0.5, 0.6) is 0 Å². The molecule has 0 saturated carbocycles. The van der Waals surface area contributed by atoms with E-state index in [4.69, 9.17) is 16.9 Å². The number of amides is 1. The maximum Gasteiger partial charge on any atom is 0.222 e. The summed E-state index contributed by atoms with van der Waals surface area (Å²) in [6.45, 7) is 5.68. The van der Waals surface area contributed by atoms with Crippen LogP contribution in [0.3, 0.4) is 0 Å². The highest BCUT2D eigenvalue weighted by Crippen LogP contribution is 2.23. The van der Waals surface area contributed by atoms with Gasteiger partial charge in [0.05, 0.1) is 11.3 Å². The average molecular weight is 320 g/mol. The number of halogens is 1. The van der Waals surface area contributed by atoms with E-state index in [0.717, 1.165) is 31.6 Å². The Morgan fingerprint density at radius 3 is 2.73 bits per heavy atom. The van der Waals surface area contributed by atoms with Crippen molar-refractivity contribution in [3.63, 3.8) is 0 Å². The summed E-state index contributed by atoms with van der Waals surface area (Å²) >= 11 is 5.91. The molecule has 5 heteroatoms. The quantitative estimate of drug-likeness (QED) is 0.921. The monoisotopic (exact) mass is 319 g/mol. The maximum absolute atomic E-state index is 12.1. The van der Waals surface area contributed by atoms with Crippen molar-refractivity contribution < 1.29 is 4.79 Å². The molecule has 4 nitrogen and oxygen atoms in total. The standard InChI is InChI=1S/C17H22ClN3O/c1-12(2)9-17(22)21-7-5-15(6-8-21)20-16-4-3-14(18)10-13(16)11-19/h3-4,10,12,15,20H,5-9H2,1-2H3. The molecule has 0 spiro atoms. The molecule has 0 aliphatic carbocycles. The number of likely N-dealkylation sites (tertiary alicyclic amines) is 1. The summed E-state index contributed by atoms with van der Waals surface area (Å²) in [7, 11) is 0. The Hall–Kier alpha value is -1.73. The molecular weight excluding hydrogens is 298 g/mol. The molecule has 1 aliphatic heterocycles. The number of benzene rings is 1. The highest BCUT2D eigenvalue weighted by molar-refractivity contribution is 6.30. The maximum atomic E-state index is 12.1. The number of hydrogen-bond acceptors (Lipinski definition) is 3. The average Bonchev–Trinajstić information content (AvgIpc) is 2.49. The Morgan fingerprint density at radius 2 is 2.14 bits per heavy atom. The molecule has 0 bridgehead atoms. The van der Waals surface area contributed by atoms with Crippen molar-refractivity contribution in [2.24, 2.45) is 5.92 Å². The van der Waals surface area contributed by atoms with Gasteiger partial charge in [-0.1, -0.05) is 25.4 Å². The van der Waals surface area contributed by atoms with Gasteiger partial charge in [0.2, 0.25) is 5.91 Å². The Bertz CT molecular complexity index is 572. The van der Waals surface area contributed by atoms with Gasteiger partial charge in [0.15, 0.2) is 0 Å². The summed E-state index contributed by atoms with van der Waals surface area (Å²) in [6, 6.07) is 7.75. The highest BCUT2D eigenvalue weighted by Gasteiger charge is 2.23. The van der Waals surface area contributed by atoms with Crippen molar-refractivity contribution in [2.75, 3.05) is 18.4 Å². The zero-order chi connectivity index (χ0) is 16.1. The van der Waals surface area contributed by atoms with E-state index in [9.17, 15) is 4.79 Å². The molecule has 1 amide bonds. The summed E-state index contributed by atoms with van der Waals surface area (Å²) in [5, 5.41) is 13.1. The van der Waals surface area contributed by atoms with Crippen molar-refractivity contribution in [1.29, 1.82) is 5.26 Å². The third-order valence-electron chi connectivity index (χ3n) is 3.89. The van der Waals surface area contributed by atoms with Gasteiger partial charge in [0, 0.05) is 30.6 Å². The topological polar surface area (TPSA) is 56.1 Å². The lowest BCUT2D eigenvalue weighted by atomic mass is 10.0. The number of nitriles is 1. The van der Waals surface area contributed by atoms with E-state index in [1.54, 1.807) is 12.1 Å². The van der Waals surface area contributed by atoms with E-state index in [2.05, 4.69) is 25.2 Å². The molecule has 1 aromatic carbocycles. The van der Waals surface area contributed by atoms with Crippen LogP contribution in [0.1, 0.15) is 38.7 Å². The SMILES string of the molecule is CC(C)CC(=O)N1CCC(Nc2ccc(Cl)cc2C#N)CC1. The predicted molar refractivity (Wildman–Crippen MR) is 88.8 cm³/mol. The molecule has 1 N–H and O–H groups in total. The van der Waals surface area contributed by atoms with Gasteiger partial charge < -0.3 is 10.2 Å². The molecule has 0 radical (unpaired) electrons. The van der Waals surface area contributed by atoms with E-state index in [1.165, 1.54) is 0 Å². The molecule has 1 saturated heterocycles. The number of anilines is 1. The van der Waals surface area contributed by atoms with Crippen LogP contribution < -0.4 is 5.32 Å². The van der Waals surface area contributed by atoms with Crippen molar-refractivity contribution in [3.05, 3.63) is 28.8 Å². The summed E-state index contributed by atoms with van der Waals surface area (Å²) in [5.41, 5.74) is 1.38. The molecule has 1 heterocycles. The number of piperidine rings is 1. The second-order valence-corrected chi connectivity index (χ2v) is 6.64. The molecule has 1 aliphatic rings. The lowest BCUT2D eigenvalue weighted by molar-refractivity contribution is -0.132. The van der Waals surface area contributed by atoms with E-state index >= 15 is 0 Å². The van der Waals surface area contributed by atoms with Crippen LogP contribution in [0, 0.1) is 17.2 Å². The first-order chi connectivity index (χ1) is 10.5. The summed E-state index contributed by atoms with van der Waals surface area (Å²) in [4.78, 5) is 14.0. The Balaban J connectivity index is 1.90. The summed E-state index contributed by atoms with van der Waals surface area (Å²) in [6.07, 6.45) is 2.42. The first-order valence-corrected chi connectivity index (χ1v) is 8.11. The van der Waals surface area contributed by atoms with Gasteiger partial charge in [-0.15, -0.1) is 0 Å². The van der Waals surface area contributed by atoms with Crippen LogP contribution in [0.4, 0.5) is 5.69 Å². The van der Waals surface area contributed by atoms with Crippen LogP contribution in [0.25, 0.3) is 0 Å². The van der Waals surface area contributed by atoms with E-state index in [0.29, 0.717) is 22.9 Å². The molecule has 1 aromatic rings. The van der Waals surface area contributed by atoms with E-state index in [-0.39, 0.29) is 11.9 Å². The molecular formula is C17H22ClN3O. The highest BCUT2D eigenvalue weighted by atomic mass is 35.5. The number of carbonyl (C=O) groups is 1. The molecule has 118 valence electrons. The number of carbonyl (C=O) groups excluding carboxylic acids is 1. The van der Waals surface area contributed by atoms with Gasteiger partial charge in [-0.2, -0.15) is 5.26 Å². The van der Waals surface area contributed by atoms with Crippen LogP contribution >= 0.6 is 11.6 Å². The van der Waals surface area contributed by atoms with E-state index < -0.39 is 0 Å². The van der Waals surface area contributed by atoms with Gasteiger partial charge in [-0.05, 0) is 37.0 Å². The zero-order valence-electron chi connectivity index (χ0n) is 13.1. The predicted octanol–water partition coefficient (Wildman–Crippen LogP) is 3.66. The van der Waals surface area contributed by atoms with Gasteiger partial charge in [0.25, 0.3) is 0 Å². The number of nitrogens with one attached hydrogen (secondary N) is 1. The second kappa shape index (κ2) is 7.51. The number of hydrogen-bond donors (Lipinski definition) is 1. The largest absolute Gasteiger partial charge is 0.381 e. The molecule has 0 atom stereocenters. The number of rotatable bonds is 4. The second-order valence-electron chi connectivity index (χ2n) is 6.20.